The second-order valence-corrected chi connectivity index (χ2v) is 7.28. The summed E-state index contributed by atoms with van der Waals surface area (Å²) >= 11 is 1.37. The second kappa shape index (κ2) is 6.31. The summed E-state index contributed by atoms with van der Waals surface area (Å²) in [6.45, 7) is 0. The van der Waals surface area contributed by atoms with E-state index in [1.165, 1.54) is 31.0 Å². The number of thioether (sulfide) groups is 1. The lowest BCUT2D eigenvalue weighted by atomic mass is 9.95. The summed E-state index contributed by atoms with van der Waals surface area (Å²) in [4.78, 5) is 20.5. The fourth-order valence-electron chi connectivity index (χ4n) is 3.75. The maximum atomic E-state index is 12.1. The van der Waals surface area contributed by atoms with Crippen LogP contribution >= 0.6 is 11.8 Å². The van der Waals surface area contributed by atoms with Gasteiger partial charge in [0.25, 0.3) is 0 Å². The van der Waals surface area contributed by atoms with Gasteiger partial charge in [0.2, 0.25) is 11.1 Å². The maximum absolute atomic E-state index is 12.1. The lowest BCUT2D eigenvalue weighted by molar-refractivity contribution is -0.119. The van der Waals surface area contributed by atoms with Crippen molar-refractivity contribution in [3.05, 3.63) is 24.5 Å². The highest BCUT2D eigenvalue weighted by molar-refractivity contribution is 7.99. The molecule has 4 rings (SSSR count). The maximum Gasteiger partial charge on any atom is 0.230 e. The van der Waals surface area contributed by atoms with Crippen LogP contribution in [0.3, 0.4) is 0 Å². The summed E-state index contributed by atoms with van der Waals surface area (Å²) in [6.07, 6.45) is 8.52. The average Bonchev–Trinajstić information content (AvgIpc) is 3.30. The molecule has 2 heterocycles. The Balaban J connectivity index is 1.29. The number of amides is 1. The van der Waals surface area contributed by atoms with Crippen molar-refractivity contribution in [1.29, 1.82) is 0 Å². The van der Waals surface area contributed by atoms with E-state index in [0.29, 0.717) is 28.7 Å². The van der Waals surface area contributed by atoms with Gasteiger partial charge in [-0.3, -0.25) is 14.9 Å². The molecule has 2 aliphatic carbocycles. The molecule has 0 aromatic carbocycles. The summed E-state index contributed by atoms with van der Waals surface area (Å²) in [5.41, 5.74) is 0.936. The normalized spacial score (nSPS) is 25.7. The molecular weight excluding hydrogens is 310 g/mol. The van der Waals surface area contributed by atoms with E-state index in [4.69, 9.17) is 0 Å². The zero-order chi connectivity index (χ0) is 15.6. The van der Waals surface area contributed by atoms with Gasteiger partial charge in [0, 0.05) is 24.0 Å². The molecule has 7 heteroatoms. The Kier molecular flexibility index (Phi) is 4.03. The van der Waals surface area contributed by atoms with Crippen molar-refractivity contribution in [2.45, 2.75) is 36.9 Å². The average molecular weight is 329 g/mol. The Morgan fingerprint density at radius 1 is 1.30 bits per heavy atom. The van der Waals surface area contributed by atoms with Gasteiger partial charge in [-0.15, -0.1) is 5.10 Å². The Bertz CT molecular complexity index is 689. The molecule has 0 spiro atoms. The first-order valence-electron chi connectivity index (χ1n) is 8.03. The van der Waals surface area contributed by atoms with Crippen molar-refractivity contribution in [3.8, 4) is 11.4 Å². The Labute approximate surface area is 138 Å². The van der Waals surface area contributed by atoms with E-state index in [2.05, 4.69) is 25.5 Å². The van der Waals surface area contributed by atoms with Crippen LogP contribution in [0.4, 0.5) is 0 Å². The number of rotatable bonds is 5. The second-order valence-electron chi connectivity index (χ2n) is 6.34. The number of pyridine rings is 1. The van der Waals surface area contributed by atoms with Crippen molar-refractivity contribution in [2.75, 3.05) is 5.75 Å². The standard InChI is InChI=1S/C16H19N5OS/c22-14(18-13-8-10-1-2-12(13)7-10)9-23-16-19-15(20-21-16)11-3-5-17-6-4-11/h3-6,10,12-13H,1-2,7-9H2,(H,18,22)(H,19,20,21)/t10-,12-,13-/m0/s1. The highest BCUT2D eigenvalue weighted by atomic mass is 32.2. The molecule has 0 saturated heterocycles. The van der Waals surface area contributed by atoms with Gasteiger partial charge < -0.3 is 5.32 Å². The smallest absolute Gasteiger partial charge is 0.230 e. The molecule has 2 aromatic heterocycles. The summed E-state index contributed by atoms with van der Waals surface area (Å²) < 4.78 is 0. The number of fused-ring (bicyclic) bond motifs is 2. The van der Waals surface area contributed by atoms with E-state index in [-0.39, 0.29) is 5.91 Å². The zero-order valence-electron chi connectivity index (χ0n) is 12.7. The number of aromatic nitrogens is 4. The predicted molar refractivity (Wildman–Crippen MR) is 87.7 cm³/mol. The number of hydrogen-bond acceptors (Lipinski definition) is 5. The van der Waals surface area contributed by atoms with Crippen LogP contribution in [-0.4, -0.2) is 37.9 Å². The summed E-state index contributed by atoms with van der Waals surface area (Å²) in [5, 5.41) is 10.8. The van der Waals surface area contributed by atoms with E-state index >= 15 is 0 Å². The highest BCUT2D eigenvalue weighted by Crippen LogP contribution is 2.44. The SMILES string of the molecule is O=C(CSc1n[nH]c(-c2ccncc2)n1)N[C@H]1C[C@H]2CC[C@H]1C2. The number of carbonyl (C=O) groups is 1. The zero-order valence-corrected chi connectivity index (χ0v) is 13.6. The van der Waals surface area contributed by atoms with Crippen LogP contribution in [0.25, 0.3) is 11.4 Å². The lowest BCUT2D eigenvalue weighted by Crippen LogP contribution is -2.39. The summed E-state index contributed by atoms with van der Waals surface area (Å²) in [5.74, 6) is 2.69. The van der Waals surface area contributed by atoms with Gasteiger partial charge in [-0.05, 0) is 43.2 Å². The minimum absolute atomic E-state index is 0.0859. The first-order chi connectivity index (χ1) is 11.3. The van der Waals surface area contributed by atoms with Crippen molar-refractivity contribution >= 4 is 17.7 Å². The molecule has 2 aliphatic rings. The van der Waals surface area contributed by atoms with Gasteiger partial charge in [0.15, 0.2) is 5.82 Å². The number of nitrogens with zero attached hydrogens (tertiary/aromatic N) is 3. The molecule has 0 unspecified atom stereocenters. The molecule has 1 amide bonds. The molecule has 2 fully saturated rings. The van der Waals surface area contributed by atoms with Crippen LogP contribution in [0.1, 0.15) is 25.7 Å². The Morgan fingerprint density at radius 2 is 2.17 bits per heavy atom. The summed E-state index contributed by atoms with van der Waals surface area (Å²) in [7, 11) is 0. The number of nitrogens with one attached hydrogen (secondary N) is 2. The quantitative estimate of drug-likeness (QED) is 0.822. The van der Waals surface area contributed by atoms with Crippen LogP contribution in [0.5, 0.6) is 0 Å². The van der Waals surface area contributed by atoms with E-state index in [1.807, 2.05) is 12.1 Å². The van der Waals surface area contributed by atoms with Gasteiger partial charge >= 0.3 is 0 Å². The minimum Gasteiger partial charge on any atom is -0.352 e. The number of hydrogen-bond donors (Lipinski definition) is 2. The molecule has 6 nitrogen and oxygen atoms in total. The van der Waals surface area contributed by atoms with E-state index < -0.39 is 0 Å². The first-order valence-corrected chi connectivity index (χ1v) is 9.01. The van der Waals surface area contributed by atoms with E-state index in [9.17, 15) is 4.79 Å². The predicted octanol–water partition coefficient (Wildman–Crippen LogP) is 2.26. The first kappa shape index (κ1) is 14.7. The third-order valence-electron chi connectivity index (χ3n) is 4.84. The molecule has 23 heavy (non-hydrogen) atoms. The third kappa shape index (κ3) is 3.24. The van der Waals surface area contributed by atoms with Gasteiger partial charge in [0.05, 0.1) is 5.75 Å². The van der Waals surface area contributed by atoms with Crippen molar-refractivity contribution in [2.24, 2.45) is 11.8 Å². The largest absolute Gasteiger partial charge is 0.352 e. The molecule has 0 radical (unpaired) electrons. The lowest BCUT2D eigenvalue weighted by Gasteiger charge is -2.22. The van der Waals surface area contributed by atoms with E-state index in [0.717, 1.165) is 17.9 Å². The van der Waals surface area contributed by atoms with Crippen molar-refractivity contribution in [3.63, 3.8) is 0 Å². The topological polar surface area (TPSA) is 83.6 Å². The third-order valence-corrected chi connectivity index (χ3v) is 5.68. The van der Waals surface area contributed by atoms with Gasteiger partial charge in [-0.2, -0.15) is 0 Å². The van der Waals surface area contributed by atoms with Crippen molar-refractivity contribution < 1.29 is 4.79 Å². The Morgan fingerprint density at radius 3 is 2.91 bits per heavy atom. The van der Waals surface area contributed by atoms with Gasteiger partial charge in [-0.25, -0.2) is 4.98 Å². The fraction of sp³-hybridized carbons (Fsp3) is 0.500. The van der Waals surface area contributed by atoms with Crippen LogP contribution in [-0.2, 0) is 4.79 Å². The Hall–Kier alpha value is -1.89. The molecule has 2 aromatic rings. The van der Waals surface area contributed by atoms with Crippen molar-refractivity contribution in [1.82, 2.24) is 25.5 Å². The monoisotopic (exact) mass is 329 g/mol. The van der Waals surface area contributed by atoms with Crippen LogP contribution in [0.15, 0.2) is 29.7 Å². The minimum atomic E-state index is 0.0859. The molecule has 0 aliphatic heterocycles. The molecule has 3 atom stereocenters. The van der Waals surface area contributed by atoms with Gasteiger partial charge in [0.1, 0.15) is 0 Å². The van der Waals surface area contributed by atoms with Gasteiger partial charge in [-0.1, -0.05) is 18.2 Å². The summed E-state index contributed by atoms with van der Waals surface area (Å²) in [6, 6.07) is 4.13. The number of H-pyrrole nitrogens is 1. The molecule has 120 valence electrons. The number of aromatic amines is 1. The van der Waals surface area contributed by atoms with Crippen LogP contribution < -0.4 is 5.32 Å². The van der Waals surface area contributed by atoms with E-state index in [1.54, 1.807) is 12.4 Å². The van der Waals surface area contributed by atoms with Crippen LogP contribution in [0, 0.1) is 11.8 Å². The highest BCUT2D eigenvalue weighted by Gasteiger charge is 2.39. The molecule has 2 saturated carbocycles. The number of carbonyl (C=O) groups excluding carboxylic acids is 1. The molecule has 2 bridgehead atoms. The molecular formula is C16H19N5OS. The fourth-order valence-corrected chi connectivity index (χ4v) is 4.36. The molecule has 2 N–H and O–H groups in total. The van der Waals surface area contributed by atoms with Crippen LogP contribution in [0.2, 0.25) is 0 Å².